The molecule has 0 bridgehead atoms. The van der Waals surface area contributed by atoms with Crippen molar-refractivity contribution in [2.45, 2.75) is 25.3 Å². The lowest BCUT2D eigenvalue weighted by atomic mass is 9.96. The zero-order chi connectivity index (χ0) is 18.3. The molecule has 26 heavy (non-hydrogen) atoms. The Bertz CT molecular complexity index is 859. The first-order valence-electron chi connectivity index (χ1n) is 8.27. The number of aliphatic hydroxyl groups is 1. The number of anilines is 1. The standard InChI is InChI=1S/C18H16F3N3O2/c19-18(20,21)26-13-1-2-15-14(10-13)17(23-15)11-3-6-22-16(9-11)24-7-4-12(25)5-8-24/h1-3,6,9-10,12,25H,4-5,7-8H2. The van der Waals surface area contributed by atoms with Gasteiger partial charge in [0.1, 0.15) is 11.6 Å². The van der Waals surface area contributed by atoms with Gasteiger partial charge >= 0.3 is 6.36 Å². The summed E-state index contributed by atoms with van der Waals surface area (Å²) in [6, 6.07) is 7.76. The van der Waals surface area contributed by atoms with Gasteiger partial charge in [-0.25, -0.2) is 9.98 Å². The Labute approximate surface area is 147 Å². The van der Waals surface area contributed by atoms with Crippen LogP contribution in [0.4, 0.5) is 24.7 Å². The number of ether oxygens (including phenoxy) is 1. The highest BCUT2D eigenvalue weighted by atomic mass is 19.4. The van der Waals surface area contributed by atoms with Crippen molar-refractivity contribution in [1.29, 1.82) is 0 Å². The number of benzene rings is 1. The Hall–Kier alpha value is -2.61. The second-order valence-electron chi connectivity index (χ2n) is 6.31. The van der Waals surface area contributed by atoms with Crippen LogP contribution in [-0.4, -0.2) is 41.4 Å². The second-order valence-corrected chi connectivity index (χ2v) is 6.31. The normalized spacial score (nSPS) is 17.4. The molecule has 0 radical (unpaired) electrons. The van der Waals surface area contributed by atoms with Gasteiger partial charge in [0.05, 0.1) is 17.5 Å². The smallest absolute Gasteiger partial charge is 0.406 e. The fourth-order valence-corrected chi connectivity index (χ4v) is 3.18. The first kappa shape index (κ1) is 16.8. The summed E-state index contributed by atoms with van der Waals surface area (Å²) >= 11 is 0. The Balaban J connectivity index is 1.56. The molecular weight excluding hydrogens is 347 g/mol. The Morgan fingerprint density at radius 2 is 1.88 bits per heavy atom. The minimum absolute atomic E-state index is 0.261. The lowest BCUT2D eigenvalue weighted by Crippen LogP contribution is -2.36. The minimum atomic E-state index is -4.72. The number of hydrogen-bond donors (Lipinski definition) is 1. The highest BCUT2D eigenvalue weighted by Crippen LogP contribution is 2.37. The maximum atomic E-state index is 12.4. The van der Waals surface area contributed by atoms with Gasteiger partial charge in [-0.15, -0.1) is 13.2 Å². The number of hydrogen-bond acceptors (Lipinski definition) is 5. The van der Waals surface area contributed by atoms with Crippen molar-refractivity contribution in [3.05, 3.63) is 47.7 Å². The van der Waals surface area contributed by atoms with E-state index in [1.165, 1.54) is 18.2 Å². The number of rotatable bonds is 3. The highest BCUT2D eigenvalue weighted by Gasteiger charge is 2.32. The quantitative estimate of drug-likeness (QED) is 0.775. The molecule has 1 aromatic carbocycles. The van der Waals surface area contributed by atoms with Crippen LogP contribution in [0.2, 0.25) is 0 Å². The van der Waals surface area contributed by atoms with Gasteiger partial charge in [0.2, 0.25) is 0 Å². The van der Waals surface area contributed by atoms with E-state index in [2.05, 4.69) is 19.6 Å². The molecule has 1 saturated heterocycles. The van der Waals surface area contributed by atoms with E-state index >= 15 is 0 Å². The summed E-state index contributed by atoms with van der Waals surface area (Å²) in [6.45, 7) is 1.43. The van der Waals surface area contributed by atoms with Gasteiger partial charge in [0, 0.05) is 30.4 Å². The van der Waals surface area contributed by atoms with Gasteiger partial charge in [-0.2, -0.15) is 0 Å². The lowest BCUT2D eigenvalue weighted by Gasteiger charge is -2.31. The van der Waals surface area contributed by atoms with E-state index in [0.717, 1.165) is 11.4 Å². The third kappa shape index (κ3) is 3.37. The number of nitrogens with zero attached hydrogens (tertiary/aromatic N) is 3. The van der Waals surface area contributed by atoms with Crippen molar-refractivity contribution in [3.8, 4) is 5.75 Å². The summed E-state index contributed by atoms with van der Waals surface area (Å²) in [6.07, 6.45) is -1.96. The Kier molecular flexibility index (Phi) is 4.07. The van der Waals surface area contributed by atoms with E-state index in [0.29, 0.717) is 42.9 Å². The SMILES string of the molecule is OC1CCN(c2cc(C3=Nc4ccc(OC(F)(F)F)cc43)ccn2)CC1. The topological polar surface area (TPSA) is 58.0 Å². The average molecular weight is 363 g/mol. The van der Waals surface area contributed by atoms with Crippen LogP contribution < -0.4 is 9.64 Å². The first-order valence-corrected chi connectivity index (χ1v) is 8.27. The summed E-state index contributed by atoms with van der Waals surface area (Å²) in [5, 5.41) is 9.62. The molecule has 4 rings (SSSR count). The Morgan fingerprint density at radius 1 is 1.12 bits per heavy atom. The number of fused-ring (bicyclic) bond motifs is 1. The van der Waals surface area contributed by atoms with Gasteiger partial charge in [-0.1, -0.05) is 0 Å². The molecule has 5 nitrogen and oxygen atoms in total. The number of aromatic nitrogens is 1. The van der Waals surface area contributed by atoms with E-state index < -0.39 is 6.36 Å². The Morgan fingerprint density at radius 3 is 2.62 bits per heavy atom. The molecule has 0 amide bonds. The predicted octanol–water partition coefficient (Wildman–Crippen LogP) is 3.42. The van der Waals surface area contributed by atoms with Crippen LogP contribution in [0.3, 0.4) is 0 Å². The molecule has 136 valence electrons. The summed E-state index contributed by atoms with van der Waals surface area (Å²) in [7, 11) is 0. The molecule has 0 saturated carbocycles. The van der Waals surface area contributed by atoms with Crippen LogP contribution in [0.15, 0.2) is 41.5 Å². The summed E-state index contributed by atoms with van der Waals surface area (Å²) in [5.41, 5.74) is 2.66. The fraction of sp³-hybridized carbons (Fsp3) is 0.333. The van der Waals surface area contributed by atoms with E-state index in [-0.39, 0.29) is 11.9 Å². The van der Waals surface area contributed by atoms with Crippen molar-refractivity contribution in [2.75, 3.05) is 18.0 Å². The van der Waals surface area contributed by atoms with Crippen molar-refractivity contribution >= 4 is 17.2 Å². The van der Waals surface area contributed by atoms with E-state index in [1.807, 2.05) is 6.07 Å². The van der Waals surface area contributed by atoms with Crippen LogP contribution >= 0.6 is 0 Å². The van der Waals surface area contributed by atoms with E-state index in [1.54, 1.807) is 12.3 Å². The molecule has 8 heteroatoms. The maximum absolute atomic E-state index is 12.4. The largest absolute Gasteiger partial charge is 0.573 e. The molecule has 2 aromatic rings. The van der Waals surface area contributed by atoms with Crippen molar-refractivity contribution < 1.29 is 23.0 Å². The maximum Gasteiger partial charge on any atom is 0.573 e. The molecule has 2 aliphatic rings. The third-order valence-electron chi connectivity index (χ3n) is 4.50. The number of pyridine rings is 1. The van der Waals surface area contributed by atoms with Crippen LogP contribution in [0.5, 0.6) is 5.75 Å². The summed E-state index contributed by atoms with van der Waals surface area (Å²) in [5.74, 6) is 0.510. The highest BCUT2D eigenvalue weighted by molar-refractivity contribution is 6.22. The van der Waals surface area contributed by atoms with Crippen molar-refractivity contribution in [2.24, 2.45) is 4.99 Å². The van der Waals surface area contributed by atoms with Crippen molar-refractivity contribution in [1.82, 2.24) is 4.98 Å². The number of halogens is 3. The third-order valence-corrected chi connectivity index (χ3v) is 4.50. The minimum Gasteiger partial charge on any atom is -0.406 e. The molecule has 0 atom stereocenters. The van der Waals surface area contributed by atoms with E-state index in [4.69, 9.17) is 0 Å². The molecule has 3 heterocycles. The molecule has 2 aliphatic heterocycles. The molecule has 0 unspecified atom stereocenters. The number of aliphatic imine (C=N–C) groups is 1. The molecule has 0 spiro atoms. The molecule has 0 aliphatic carbocycles. The van der Waals surface area contributed by atoms with Crippen LogP contribution in [0, 0.1) is 0 Å². The summed E-state index contributed by atoms with van der Waals surface area (Å²) < 4.78 is 41.2. The zero-order valence-electron chi connectivity index (χ0n) is 13.7. The summed E-state index contributed by atoms with van der Waals surface area (Å²) in [4.78, 5) is 10.8. The van der Waals surface area contributed by atoms with Gasteiger partial charge in [-0.3, -0.25) is 0 Å². The number of alkyl halides is 3. The van der Waals surface area contributed by atoms with Crippen LogP contribution in [-0.2, 0) is 0 Å². The lowest BCUT2D eigenvalue weighted by molar-refractivity contribution is -0.274. The molecule has 1 aromatic heterocycles. The van der Waals surface area contributed by atoms with Gasteiger partial charge in [-0.05, 0) is 43.2 Å². The number of aliphatic hydroxyl groups excluding tert-OH is 1. The predicted molar refractivity (Wildman–Crippen MR) is 90.1 cm³/mol. The zero-order valence-corrected chi connectivity index (χ0v) is 13.7. The van der Waals surface area contributed by atoms with Crippen molar-refractivity contribution in [3.63, 3.8) is 0 Å². The average Bonchev–Trinajstić information content (AvgIpc) is 2.57. The first-order chi connectivity index (χ1) is 12.4. The van der Waals surface area contributed by atoms with Gasteiger partial charge in [0.25, 0.3) is 0 Å². The molecule has 1 fully saturated rings. The van der Waals surface area contributed by atoms with Crippen LogP contribution in [0.1, 0.15) is 24.0 Å². The van der Waals surface area contributed by atoms with Gasteiger partial charge in [0.15, 0.2) is 0 Å². The molecular formula is C18H16F3N3O2. The van der Waals surface area contributed by atoms with Gasteiger partial charge < -0.3 is 14.7 Å². The van der Waals surface area contributed by atoms with Crippen LogP contribution in [0.25, 0.3) is 0 Å². The second kappa shape index (κ2) is 6.28. The fourth-order valence-electron chi connectivity index (χ4n) is 3.18. The van der Waals surface area contributed by atoms with E-state index in [9.17, 15) is 18.3 Å². The molecule has 1 N–H and O–H groups in total. The monoisotopic (exact) mass is 363 g/mol. The number of piperidine rings is 1.